The Morgan fingerprint density at radius 1 is 1.50 bits per heavy atom. The van der Waals surface area contributed by atoms with Gasteiger partial charge in [0, 0.05) is 12.1 Å². The lowest BCUT2D eigenvalue weighted by atomic mass is 10.0. The van der Waals surface area contributed by atoms with Crippen LogP contribution < -0.4 is 5.32 Å². The van der Waals surface area contributed by atoms with Gasteiger partial charge in [-0.25, -0.2) is 0 Å². The molecule has 3 nitrogen and oxygen atoms in total. The van der Waals surface area contributed by atoms with Gasteiger partial charge in [0.2, 0.25) is 0 Å². The van der Waals surface area contributed by atoms with Crippen molar-refractivity contribution in [3.63, 3.8) is 0 Å². The van der Waals surface area contributed by atoms with Crippen LogP contribution in [0.1, 0.15) is 21.5 Å². The molecule has 1 aromatic rings. The Labute approximate surface area is 70.0 Å². The molecular weight excluding hydrogens is 154 g/mol. The first-order valence-corrected chi connectivity index (χ1v) is 3.83. The number of aliphatic hydroxyl groups excluding tert-OH is 1. The molecule has 0 aliphatic carbocycles. The predicted octanol–water partition coefficient (Wildman–Crippen LogP) is 0.422. The number of carbonyl (C=O) groups is 1. The Bertz CT molecular complexity index is 333. The zero-order valence-electron chi connectivity index (χ0n) is 6.50. The fourth-order valence-corrected chi connectivity index (χ4v) is 1.49. The van der Waals surface area contributed by atoms with Crippen LogP contribution >= 0.6 is 0 Å². The number of hydrogen-bond acceptors (Lipinski definition) is 2. The summed E-state index contributed by atoms with van der Waals surface area (Å²) in [5, 5.41) is 11.6. The van der Waals surface area contributed by atoms with Crippen LogP contribution in [0.25, 0.3) is 0 Å². The average molecular weight is 163 g/mol. The Balaban J connectivity index is 2.60. The molecule has 2 N–H and O–H groups in total. The summed E-state index contributed by atoms with van der Waals surface area (Å²) in [4.78, 5) is 11.2. The fraction of sp³-hybridized carbons (Fsp3) is 0.222. The van der Waals surface area contributed by atoms with Crippen molar-refractivity contribution in [3.05, 3.63) is 34.9 Å². The highest BCUT2D eigenvalue weighted by molar-refractivity contribution is 5.99. The first-order chi connectivity index (χ1) is 5.83. The van der Waals surface area contributed by atoms with Crippen LogP contribution in [0.3, 0.4) is 0 Å². The highest BCUT2D eigenvalue weighted by Gasteiger charge is 2.20. The summed E-state index contributed by atoms with van der Waals surface area (Å²) >= 11 is 0. The van der Waals surface area contributed by atoms with E-state index in [0.717, 1.165) is 5.56 Å². The minimum absolute atomic E-state index is 0.0728. The Kier molecular flexibility index (Phi) is 1.59. The number of aliphatic hydroxyl groups is 1. The quantitative estimate of drug-likeness (QED) is 0.630. The van der Waals surface area contributed by atoms with Gasteiger partial charge in [-0.15, -0.1) is 0 Å². The summed E-state index contributed by atoms with van der Waals surface area (Å²) in [6, 6.07) is 5.51. The van der Waals surface area contributed by atoms with Crippen LogP contribution in [0.2, 0.25) is 0 Å². The third-order valence-corrected chi connectivity index (χ3v) is 2.07. The van der Waals surface area contributed by atoms with E-state index in [1.165, 1.54) is 0 Å². The summed E-state index contributed by atoms with van der Waals surface area (Å²) in [6.45, 7) is 0.512. The van der Waals surface area contributed by atoms with E-state index < -0.39 is 0 Å². The third kappa shape index (κ3) is 0.905. The minimum atomic E-state index is -0.0744. The Morgan fingerprint density at radius 3 is 3.08 bits per heavy atom. The van der Waals surface area contributed by atoms with Crippen LogP contribution in [0.4, 0.5) is 0 Å². The minimum Gasteiger partial charge on any atom is -0.392 e. The molecule has 1 aliphatic heterocycles. The molecule has 0 spiro atoms. The fourth-order valence-electron chi connectivity index (χ4n) is 1.49. The molecule has 0 unspecified atom stereocenters. The van der Waals surface area contributed by atoms with Crippen molar-refractivity contribution in [2.45, 2.75) is 13.2 Å². The van der Waals surface area contributed by atoms with Gasteiger partial charge < -0.3 is 10.4 Å². The molecule has 62 valence electrons. The van der Waals surface area contributed by atoms with E-state index >= 15 is 0 Å². The van der Waals surface area contributed by atoms with Crippen molar-refractivity contribution in [1.82, 2.24) is 5.32 Å². The molecule has 3 heteroatoms. The molecular formula is C9H9NO2. The van der Waals surface area contributed by atoms with Gasteiger partial charge in [-0.2, -0.15) is 0 Å². The van der Waals surface area contributed by atoms with Crippen molar-refractivity contribution in [1.29, 1.82) is 0 Å². The number of carbonyl (C=O) groups excluding carboxylic acids is 1. The molecule has 0 fully saturated rings. The van der Waals surface area contributed by atoms with E-state index in [2.05, 4.69) is 5.32 Å². The lowest BCUT2D eigenvalue weighted by Crippen LogP contribution is -2.13. The second kappa shape index (κ2) is 2.60. The summed E-state index contributed by atoms with van der Waals surface area (Å²) in [5.41, 5.74) is 2.34. The number of fused-ring (bicyclic) bond motifs is 1. The smallest absolute Gasteiger partial charge is 0.252 e. The van der Waals surface area contributed by atoms with Crippen LogP contribution in [-0.4, -0.2) is 11.0 Å². The largest absolute Gasteiger partial charge is 0.392 e. The molecule has 0 aromatic heterocycles. The van der Waals surface area contributed by atoms with Gasteiger partial charge >= 0.3 is 0 Å². The molecule has 0 bridgehead atoms. The van der Waals surface area contributed by atoms with Gasteiger partial charge in [0.05, 0.1) is 6.61 Å². The summed E-state index contributed by atoms with van der Waals surface area (Å²) in [7, 11) is 0. The lowest BCUT2D eigenvalue weighted by Gasteiger charge is -2.01. The first-order valence-electron chi connectivity index (χ1n) is 3.83. The molecule has 0 atom stereocenters. The predicted molar refractivity (Wildman–Crippen MR) is 43.5 cm³/mol. The van der Waals surface area contributed by atoms with Gasteiger partial charge in [-0.3, -0.25) is 4.79 Å². The van der Waals surface area contributed by atoms with Crippen molar-refractivity contribution < 1.29 is 9.90 Å². The van der Waals surface area contributed by atoms with E-state index in [4.69, 9.17) is 5.11 Å². The maximum atomic E-state index is 11.2. The topological polar surface area (TPSA) is 49.3 Å². The number of nitrogens with one attached hydrogen (secondary N) is 1. The highest BCUT2D eigenvalue weighted by Crippen LogP contribution is 2.19. The van der Waals surface area contributed by atoms with E-state index in [0.29, 0.717) is 17.7 Å². The third-order valence-electron chi connectivity index (χ3n) is 2.07. The highest BCUT2D eigenvalue weighted by atomic mass is 16.3. The molecule has 0 radical (unpaired) electrons. The lowest BCUT2D eigenvalue weighted by molar-refractivity contribution is 0.0963. The van der Waals surface area contributed by atoms with Gasteiger partial charge in [0.15, 0.2) is 0 Å². The van der Waals surface area contributed by atoms with Crippen molar-refractivity contribution in [3.8, 4) is 0 Å². The monoisotopic (exact) mass is 163 g/mol. The normalized spacial score (nSPS) is 14.2. The number of hydrogen-bond donors (Lipinski definition) is 2. The summed E-state index contributed by atoms with van der Waals surface area (Å²) < 4.78 is 0. The van der Waals surface area contributed by atoms with Gasteiger partial charge in [-0.05, 0) is 11.1 Å². The zero-order chi connectivity index (χ0) is 8.55. The molecule has 0 saturated carbocycles. The van der Waals surface area contributed by atoms with Crippen molar-refractivity contribution in [2.75, 3.05) is 0 Å². The van der Waals surface area contributed by atoms with Gasteiger partial charge in [0.25, 0.3) is 5.91 Å². The van der Waals surface area contributed by atoms with Crippen molar-refractivity contribution in [2.24, 2.45) is 0 Å². The molecule has 1 aliphatic rings. The molecule has 0 saturated heterocycles. The first kappa shape index (κ1) is 7.31. The maximum absolute atomic E-state index is 11.2. The molecule has 1 aromatic carbocycles. The van der Waals surface area contributed by atoms with E-state index in [1.807, 2.05) is 12.1 Å². The van der Waals surface area contributed by atoms with Gasteiger partial charge in [-0.1, -0.05) is 18.2 Å². The average Bonchev–Trinajstić information content (AvgIpc) is 2.48. The summed E-state index contributed by atoms with van der Waals surface area (Å²) in [5.74, 6) is -0.0744. The molecule has 1 amide bonds. The van der Waals surface area contributed by atoms with Gasteiger partial charge in [0.1, 0.15) is 0 Å². The molecule has 1 heterocycles. The second-order valence-electron chi connectivity index (χ2n) is 2.79. The molecule has 2 rings (SSSR count). The maximum Gasteiger partial charge on any atom is 0.252 e. The van der Waals surface area contributed by atoms with E-state index in [1.54, 1.807) is 6.07 Å². The van der Waals surface area contributed by atoms with E-state index in [9.17, 15) is 4.79 Å². The SMILES string of the molecule is O=C1NCc2cccc(CO)c21. The number of benzene rings is 1. The summed E-state index contributed by atoms with van der Waals surface area (Å²) in [6.07, 6.45) is 0. The molecule has 12 heavy (non-hydrogen) atoms. The van der Waals surface area contributed by atoms with Crippen LogP contribution in [0.5, 0.6) is 0 Å². The van der Waals surface area contributed by atoms with Crippen LogP contribution in [0.15, 0.2) is 18.2 Å². The Morgan fingerprint density at radius 2 is 2.33 bits per heavy atom. The second-order valence-corrected chi connectivity index (χ2v) is 2.79. The van der Waals surface area contributed by atoms with E-state index in [-0.39, 0.29) is 12.5 Å². The standard InChI is InChI=1S/C9H9NO2/c11-5-7-3-1-2-6-4-10-9(12)8(6)7/h1-3,11H,4-5H2,(H,10,12). The number of amides is 1. The zero-order valence-corrected chi connectivity index (χ0v) is 6.50. The Hall–Kier alpha value is -1.35. The van der Waals surface area contributed by atoms with Crippen LogP contribution in [0, 0.1) is 0 Å². The van der Waals surface area contributed by atoms with Crippen molar-refractivity contribution >= 4 is 5.91 Å². The number of rotatable bonds is 1. The van der Waals surface area contributed by atoms with Crippen LogP contribution in [-0.2, 0) is 13.2 Å².